The molecule has 0 unspecified atom stereocenters. The van der Waals surface area contributed by atoms with Crippen LogP contribution in [0.5, 0.6) is 0 Å². The van der Waals surface area contributed by atoms with E-state index in [0.717, 1.165) is 12.8 Å². The normalized spacial score (nSPS) is 22.8. The van der Waals surface area contributed by atoms with Crippen molar-refractivity contribution in [3.63, 3.8) is 0 Å². The van der Waals surface area contributed by atoms with E-state index in [-0.39, 0.29) is 18.3 Å². The lowest BCUT2D eigenvalue weighted by Gasteiger charge is -2.19. The molecule has 3 nitrogen and oxygen atoms in total. The van der Waals surface area contributed by atoms with Gasteiger partial charge in [0, 0.05) is 6.42 Å². The summed E-state index contributed by atoms with van der Waals surface area (Å²) in [5.41, 5.74) is 2.35. The Morgan fingerprint density at radius 1 is 0.960 bits per heavy atom. The molecular formula is C22H26O3. The molecule has 0 amide bonds. The molecule has 0 aromatic heterocycles. The molecule has 132 valence electrons. The van der Waals surface area contributed by atoms with Gasteiger partial charge in [0.2, 0.25) is 0 Å². The third-order valence-corrected chi connectivity index (χ3v) is 4.41. The van der Waals surface area contributed by atoms with Crippen LogP contribution in [0.15, 0.2) is 73.3 Å². The van der Waals surface area contributed by atoms with Crippen LogP contribution in [-0.4, -0.2) is 24.9 Å². The van der Waals surface area contributed by atoms with Crippen LogP contribution in [-0.2, 0) is 27.4 Å². The van der Waals surface area contributed by atoms with Gasteiger partial charge in [0.05, 0.1) is 32.0 Å². The highest BCUT2D eigenvalue weighted by molar-refractivity contribution is 5.14. The number of benzene rings is 2. The summed E-state index contributed by atoms with van der Waals surface area (Å²) in [4.78, 5) is 0. The van der Waals surface area contributed by atoms with Crippen LogP contribution in [0, 0.1) is 0 Å². The Hall–Kier alpha value is -1.94. The van der Waals surface area contributed by atoms with Gasteiger partial charge in [-0.1, -0.05) is 66.7 Å². The van der Waals surface area contributed by atoms with E-state index in [1.807, 2.05) is 42.5 Å². The maximum Gasteiger partial charge on any atom is 0.107 e. The molecule has 0 spiro atoms. The van der Waals surface area contributed by atoms with E-state index < -0.39 is 0 Å². The lowest BCUT2D eigenvalue weighted by molar-refractivity contribution is -0.0705. The number of rotatable bonds is 9. The quantitative estimate of drug-likeness (QED) is 0.629. The van der Waals surface area contributed by atoms with Crippen LogP contribution in [0.3, 0.4) is 0 Å². The summed E-state index contributed by atoms with van der Waals surface area (Å²) < 4.78 is 18.1. The van der Waals surface area contributed by atoms with Crippen molar-refractivity contribution in [3.8, 4) is 0 Å². The molecule has 2 aromatic rings. The fourth-order valence-corrected chi connectivity index (χ4v) is 3.11. The summed E-state index contributed by atoms with van der Waals surface area (Å²) in [5, 5.41) is 0. The zero-order chi connectivity index (χ0) is 17.3. The van der Waals surface area contributed by atoms with Gasteiger partial charge < -0.3 is 14.2 Å². The number of hydrogen-bond donors (Lipinski definition) is 0. The smallest absolute Gasteiger partial charge is 0.107 e. The van der Waals surface area contributed by atoms with Gasteiger partial charge in [0.25, 0.3) is 0 Å². The van der Waals surface area contributed by atoms with E-state index in [9.17, 15) is 0 Å². The lowest BCUT2D eigenvalue weighted by Crippen LogP contribution is -2.29. The first kappa shape index (κ1) is 17.9. The molecule has 2 aromatic carbocycles. The third kappa shape index (κ3) is 5.53. The maximum atomic E-state index is 6.14. The summed E-state index contributed by atoms with van der Waals surface area (Å²) in [6, 6.07) is 20.4. The van der Waals surface area contributed by atoms with Gasteiger partial charge in [-0.3, -0.25) is 0 Å². The second kappa shape index (κ2) is 9.52. The van der Waals surface area contributed by atoms with Crippen molar-refractivity contribution in [2.24, 2.45) is 0 Å². The lowest BCUT2D eigenvalue weighted by atomic mass is 10.1. The van der Waals surface area contributed by atoms with Crippen LogP contribution >= 0.6 is 0 Å². The van der Waals surface area contributed by atoms with Crippen LogP contribution in [0.1, 0.15) is 24.0 Å². The second-order valence-electron chi connectivity index (χ2n) is 6.39. The Balaban J connectivity index is 1.51. The molecule has 0 bridgehead atoms. The minimum Gasteiger partial charge on any atom is -0.374 e. The van der Waals surface area contributed by atoms with Crippen LogP contribution < -0.4 is 0 Å². The first-order valence-corrected chi connectivity index (χ1v) is 8.88. The molecule has 0 radical (unpaired) electrons. The predicted octanol–water partition coefficient (Wildman–Crippen LogP) is 4.52. The standard InChI is InChI=1S/C22H26O3/c1-2-9-20-14-21(24-16-19-12-7-4-8-13-19)22(25-20)17-23-15-18-10-5-3-6-11-18/h2-8,10-13,20-22H,1,9,14-17H2/t20-,21-,22+/m0/s1. The predicted molar refractivity (Wildman–Crippen MR) is 99.2 cm³/mol. The largest absolute Gasteiger partial charge is 0.374 e. The Labute approximate surface area is 150 Å². The Bertz CT molecular complexity index is 626. The van der Waals surface area contributed by atoms with Crippen molar-refractivity contribution in [1.29, 1.82) is 0 Å². The molecule has 1 aliphatic heterocycles. The summed E-state index contributed by atoms with van der Waals surface area (Å²) in [6.07, 6.45) is 3.84. The molecule has 1 fully saturated rings. The van der Waals surface area contributed by atoms with E-state index in [0.29, 0.717) is 19.8 Å². The zero-order valence-electron chi connectivity index (χ0n) is 14.6. The highest BCUT2D eigenvalue weighted by Crippen LogP contribution is 2.27. The van der Waals surface area contributed by atoms with Gasteiger partial charge in [-0.05, 0) is 17.5 Å². The van der Waals surface area contributed by atoms with E-state index in [1.165, 1.54) is 11.1 Å². The summed E-state index contributed by atoms with van der Waals surface area (Å²) in [7, 11) is 0. The van der Waals surface area contributed by atoms with Crippen molar-refractivity contribution in [3.05, 3.63) is 84.4 Å². The van der Waals surface area contributed by atoms with Crippen molar-refractivity contribution < 1.29 is 14.2 Å². The fraction of sp³-hybridized carbons (Fsp3) is 0.364. The number of ether oxygens (including phenoxy) is 3. The van der Waals surface area contributed by atoms with Crippen LogP contribution in [0.25, 0.3) is 0 Å². The molecule has 25 heavy (non-hydrogen) atoms. The first-order valence-electron chi connectivity index (χ1n) is 8.88. The van der Waals surface area contributed by atoms with Crippen molar-refractivity contribution >= 4 is 0 Å². The van der Waals surface area contributed by atoms with E-state index in [1.54, 1.807) is 0 Å². The maximum absolute atomic E-state index is 6.14. The van der Waals surface area contributed by atoms with Gasteiger partial charge >= 0.3 is 0 Å². The Morgan fingerprint density at radius 2 is 1.60 bits per heavy atom. The Kier molecular flexibility index (Phi) is 6.80. The summed E-state index contributed by atoms with van der Waals surface area (Å²) in [6.45, 7) is 5.56. The van der Waals surface area contributed by atoms with Crippen molar-refractivity contribution in [1.82, 2.24) is 0 Å². The monoisotopic (exact) mass is 338 g/mol. The average Bonchev–Trinajstić information content (AvgIpc) is 3.04. The molecule has 3 heteroatoms. The minimum atomic E-state index is -0.0302. The molecular weight excluding hydrogens is 312 g/mol. The van der Waals surface area contributed by atoms with Gasteiger partial charge in [-0.25, -0.2) is 0 Å². The van der Waals surface area contributed by atoms with E-state index >= 15 is 0 Å². The summed E-state index contributed by atoms with van der Waals surface area (Å²) in [5.74, 6) is 0. The molecule has 3 rings (SSSR count). The second-order valence-corrected chi connectivity index (χ2v) is 6.39. The van der Waals surface area contributed by atoms with Gasteiger partial charge in [0.1, 0.15) is 6.10 Å². The van der Waals surface area contributed by atoms with Gasteiger partial charge in [-0.2, -0.15) is 0 Å². The summed E-state index contributed by atoms with van der Waals surface area (Å²) >= 11 is 0. The van der Waals surface area contributed by atoms with Crippen molar-refractivity contribution in [2.45, 2.75) is 44.4 Å². The molecule has 1 heterocycles. The van der Waals surface area contributed by atoms with E-state index in [2.05, 4.69) is 30.8 Å². The SMILES string of the molecule is C=CC[C@H]1C[C@H](OCc2ccccc2)[C@@H](COCc2ccccc2)O1. The highest BCUT2D eigenvalue weighted by Gasteiger charge is 2.35. The zero-order valence-corrected chi connectivity index (χ0v) is 14.6. The molecule has 0 aliphatic carbocycles. The van der Waals surface area contributed by atoms with Crippen LogP contribution in [0.4, 0.5) is 0 Å². The fourth-order valence-electron chi connectivity index (χ4n) is 3.11. The third-order valence-electron chi connectivity index (χ3n) is 4.41. The Morgan fingerprint density at radius 3 is 2.24 bits per heavy atom. The number of hydrogen-bond acceptors (Lipinski definition) is 3. The molecule has 1 aliphatic rings. The average molecular weight is 338 g/mol. The van der Waals surface area contributed by atoms with E-state index in [4.69, 9.17) is 14.2 Å². The molecule has 3 atom stereocenters. The molecule has 0 N–H and O–H groups in total. The molecule has 0 saturated carbocycles. The minimum absolute atomic E-state index is 0.0302. The van der Waals surface area contributed by atoms with Crippen LogP contribution in [0.2, 0.25) is 0 Å². The topological polar surface area (TPSA) is 27.7 Å². The molecule has 1 saturated heterocycles. The highest BCUT2D eigenvalue weighted by atomic mass is 16.6. The van der Waals surface area contributed by atoms with Gasteiger partial charge in [-0.15, -0.1) is 6.58 Å². The van der Waals surface area contributed by atoms with Crippen molar-refractivity contribution in [2.75, 3.05) is 6.61 Å². The first-order chi connectivity index (χ1) is 12.3. The van der Waals surface area contributed by atoms with Gasteiger partial charge in [0.15, 0.2) is 0 Å².